The van der Waals surface area contributed by atoms with E-state index in [2.05, 4.69) is 31.2 Å². The molecule has 0 atom stereocenters. The molecule has 2 rings (SSSR count). The Hall–Kier alpha value is -1.62. The van der Waals surface area contributed by atoms with Gasteiger partial charge < -0.3 is 10.1 Å². The van der Waals surface area contributed by atoms with E-state index in [1.165, 1.54) is 0 Å². The summed E-state index contributed by atoms with van der Waals surface area (Å²) in [6, 6.07) is 7.59. The number of ether oxygens (including phenoxy) is 1. The van der Waals surface area contributed by atoms with Crippen molar-refractivity contribution < 1.29 is 4.74 Å². The van der Waals surface area contributed by atoms with Gasteiger partial charge in [-0.1, -0.05) is 15.9 Å². The van der Waals surface area contributed by atoms with Crippen molar-refractivity contribution in [1.29, 1.82) is 0 Å². The van der Waals surface area contributed by atoms with E-state index in [4.69, 9.17) is 4.74 Å². The van der Waals surface area contributed by atoms with E-state index in [0.717, 1.165) is 21.7 Å². The molecule has 0 saturated heterocycles. The summed E-state index contributed by atoms with van der Waals surface area (Å²) in [6.45, 7) is 0.563. The molecule has 2 aromatic rings. The minimum atomic E-state index is 0.563. The van der Waals surface area contributed by atoms with Crippen molar-refractivity contribution in [2.75, 3.05) is 12.4 Å². The Kier molecular flexibility index (Phi) is 3.93. The summed E-state index contributed by atoms with van der Waals surface area (Å²) in [5.41, 5.74) is 0.911. The molecule has 0 amide bonds. The van der Waals surface area contributed by atoms with Gasteiger partial charge in [-0.3, -0.25) is 0 Å². The first kappa shape index (κ1) is 11.9. The van der Waals surface area contributed by atoms with Gasteiger partial charge in [-0.15, -0.1) is 0 Å². The van der Waals surface area contributed by atoms with E-state index in [1.54, 1.807) is 25.6 Å². The van der Waals surface area contributed by atoms with Crippen LogP contribution in [0.4, 0.5) is 5.69 Å². The molecule has 1 aromatic carbocycles. The fourth-order valence-corrected chi connectivity index (χ4v) is 1.77. The van der Waals surface area contributed by atoms with Gasteiger partial charge in [-0.05, 0) is 24.3 Å². The maximum atomic E-state index is 5.26. The predicted molar refractivity (Wildman–Crippen MR) is 70.1 cm³/mol. The Morgan fingerprint density at radius 1 is 1.29 bits per heavy atom. The van der Waals surface area contributed by atoms with Gasteiger partial charge in [0.15, 0.2) is 0 Å². The van der Waals surface area contributed by atoms with Crippen molar-refractivity contribution >= 4 is 21.6 Å². The molecular formula is C12H12BrN3O. The molecule has 0 aliphatic rings. The SMILES string of the molecule is COc1ccc(Br)cc1NCc1ncccn1. The second-order valence-corrected chi connectivity index (χ2v) is 4.28. The number of aromatic nitrogens is 2. The number of anilines is 1. The lowest BCUT2D eigenvalue weighted by molar-refractivity contribution is 0.416. The van der Waals surface area contributed by atoms with Crippen LogP contribution in [0.5, 0.6) is 5.75 Å². The van der Waals surface area contributed by atoms with Crippen LogP contribution in [0.1, 0.15) is 5.82 Å². The van der Waals surface area contributed by atoms with Crippen LogP contribution in [0.15, 0.2) is 41.1 Å². The number of nitrogens with one attached hydrogen (secondary N) is 1. The maximum Gasteiger partial charge on any atom is 0.147 e. The Morgan fingerprint density at radius 3 is 2.76 bits per heavy atom. The van der Waals surface area contributed by atoms with E-state index in [0.29, 0.717) is 6.54 Å². The zero-order valence-electron chi connectivity index (χ0n) is 9.35. The van der Waals surface area contributed by atoms with Crippen molar-refractivity contribution in [3.8, 4) is 5.75 Å². The highest BCUT2D eigenvalue weighted by Crippen LogP contribution is 2.27. The van der Waals surface area contributed by atoms with E-state index in [9.17, 15) is 0 Å². The van der Waals surface area contributed by atoms with Crippen LogP contribution in [0.25, 0.3) is 0 Å². The van der Waals surface area contributed by atoms with Crippen LogP contribution in [0.2, 0.25) is 0 Å². The molecule has 0 aliphatic heterocycles. The summed E-state index contributed by atoms with van der Waals surface area (Å²) in [5.74, 6) is 1.54. The Morgan fingerprint density at radius 2 is 2.06 bits per heavy atom. The third kappa shape index (κ3) is 3.17. The Bertz CT molecular complexity index is 490. The molecule has 0 fully saturated rings. The highest BCUT2D eigenvalue weighted by atomic mass is 79.9. The van der Waals surface area contributed by atoms with Gasteiger partial charge in [-0.25, -0.2) is 9.97 Å². The molecular weight excluding hydrogens is 282 g/mol. The zero-order valence-corrected chi connectivity index (χ0v) is 10.9. The number of nitrogens with zero attached hydrogens (tertiary/aromatic N) is 2. The van der Waals surface area contributed by atoms with Gasteiger partial charge in [0.25, 0.3) is 0 Å². The number of hydrogen-bond acceptors (Lipinski definition) is 4. The topological polar surface area (TPSA) is 47.0 Å². The summed E-state index contributed by atoms with van der Waals surface area (Å²) in [7, 11) is 1.65. The van der Waals surface area contributed by atoms with Crippen LogP contribution < -0.4 is 10.1 Å². The molecule has 5 heteroatoms. The lowest BCUT2D eigenvalue weighted by Gasteiger charge is -2.10. The maximum absolute atomic E-state index is 5.26. The van der Waals surface area contributed by atoms with Crippen LogP contribution in [0, 0.1) is 0 Å². The molecule has 0 aliphatic carbocycles. The second kappa shape index (κ2) is 5.63. The van der Waals surface area contributed by atoms with Crippen molar-refractivity contribution in [2.24, 2.45) is 0 Å². The first-order valence-corrected chi connectivity index (χ1v) is 5.92. The summed E-state index contributed by atoms with van der Waals surface area (Å²) >= 11 is 3.42. The number of halogens is 1. The third-order valence-electron chi connectivity index (χ3n) is 2.22. The molecule has 0 saturated carbocycles. The number of methoxy groups -OCH3 is 1. The molecule has 1 heterocycles. The quantitative estimate of drug-likeness (QED) is 0.942. The fraction of sp³-hybridized carbons (Fsp3) is 0.167. The van der Waals surface area contributed by atoms with Crippen molar-refractivity contribution in [3.63, 3.8) is 0 Å². The molecule has 4 nitrogen and oxygen atoms in total. The highest BCUT2D eigenvalue weighted by molar-refractivity contribution is 9.10. The average molecular weight is 294 g/mol. The first-order valence-electron chi connectivity index (χ1n) is 5.13. The zero-order chi connectivity index (χ0) is 12.1. The fourth-order valence-electron chi connectivity index (χ4n) is 1.41. The van der Waals surface area contributed by atoms with E-state index in [-0.39, 0.29) is 0 Å². The lowest BCUT2D eigenvalue weighted by atomic mass is 10.3. The molecule has 0 spiro atoms. The summed E-state index contributed by atoms with van der Waals surface area (Å²) in [6.07, 6.45) is 3.45. The summed E-state index contributed by atoms with van der Waals surface area (Å²) in [5, 5.41) is 3.24. The summed E-state index contributed by atoms with van der Waals surface area (Å²) < 4.78 is 6.26. The monoisotopic (exact) mass is 293 g/mol. The Labute approximate surface area is 108 Å². The van der Waals surface area contributed by atoms with Crippen LogP contribution in [-0.4, -0.2) is 17.1 Å². The highest BCUT2D eigenvalue weighted by Gasteiger charge is 2.03. The van der Waals surface area contributed by atoms with Gasteiger partial charge in [0.1, 0.15) is 11.6 Å². The molecule has 0 radical (unpaired) electrons. The van der Waals surface area contributed by atoms with Gasteiger partial charge in [0.2, 0.25) is 0 Å². The largest absolute Gasteiger partial charge is 0.495 e. The van der Waals surface area contributed by atoms with Crippen LogP contribution in [-0.2, 0) is 6.54 Å². The van der Waals surface area contributed by atoms with E-state index in [1.807, 2.05) is 18.2 Å². The van der Waals surface area contributed by atoms with Crippen LogP contribution in [0.3, 0.4) is 0 Å². The van der Waals surface area contributed by atoms with E-state index >= 15 is 0 Å². The second-order valence-electron chi connectivity index (χ2n) is 3.36. The van der Waals surface area contributed by atoms with Gasteiger partial charge >= 0.3 is 0 Å². The standard InChI is InChI=1S/C12H12BrN3O/c1-17-11-4-3-9(13)7-10(11)16-8-12-14-5-2-6-15-12/h2-7,16H,8H2,1H3. The van der Waals surface area contributed by atoms with Crippen molar-refractivity contribution in [2.45, 2.75) is 6.54 Å². The third-order valence-corrected chi connectivity index (χ3v) is 2.71. The number of benzene rings is 1. The smallest absolute Gasteiger partial charge is 0.147 e. The predicted octanol–water partition coefficient (Wildman–Crippen LogP) is 2.86. The number of hydrogen-bond donors (Lipinski definition) is 1. The normalized spacial score (nSPS) is 10.0. The average Bonchev–Trinajstić information content (AvgIpc) is 2.38. The lowest BCUT2D eigenvalue weighted by Crippen LogP contribution is -2.04. The first-order chi connectivity index (χ1) is 8.29. The van der Waals surface area contributed by atoms with Gasteiger partial charge in [-0.2, -0.15) is 0 Å². The van der Waals surface area contributed by atoms with Gasteiger partial charge in [0, 0.05) is 16.9 Å². The minimum absolute atomic E-state index is 0.563. The molecule has 1 aromatic heterocycles. The van der Waals surface area contributed by atoms with Crippen molar-refractivity contribution in [3.05, 3.63) is 47.0 Å². The molecule has 17 heavy (non-hydrogen) atoms. The Balaban J connectivity index is 2.11. The number of rotatable bonds is 4. The summed E-state index contributed by atoms with van der Waals surface area (Å²) in [4.78, 5) is 8.29. The molecule has 1 N–H and O–H groups in total. The minimum Gasteiger partial charge on any atom is -0.495 e. The van der Waals surface area contributed by atoms with E-state index < -0.39 is 0 Å². The van der Waals surface area contributed by atoms with Crippen LogP contribution >= 0.6 is 15.9 Å². The molecule has 88 valence electrons. The van der Waals surface area contributed by atoms with Gasteiger partial charge in [0.05, 0.1) is 19.3 Å². The molecule has 0 unspecified atom stereocenters. The molecule has 0 bridgehead atoms. The van der Waals surface area contributed by atoms with Crippen molar-refractivity contribution in [1.82, 2.24) is 9.97 Å².